The van der Waals surface area contributed by atoms with Crippen LogP contribution >= 0.6 is 0 Å². The van der Waals surface area contributed by atoms with Gasteiger partial charge in [-0.3, -0.25) is 10.1 Å². The van der Waals surface area contributed by atoms with Gasteiger partial charge in [0.05, 0.1) is 9.82 Å². The van der Waals surface area contributed by atoms with Crippen molar-refractivity contribution < 1.29 is 13.3 Å². The van der Waals surface area contributed by atoms with E-state index in [1.165, 1.54) is 27.1 Å². The lowest BCUT2D eigenvalue weighted by Crippen LogP contribution is -2.23. The van der Waals surface area contributed by atoms with Crippen molar-refractivity contribution in [3.8, 4) is 0 Å². The van der Waals surface area contributed by atoms with Crippen molar-refractivity contribution in [2.45, 2.75) is 11.8 Å². The third kappa shape index (κ3) is 2.37. The first kappa shape index (κ1) is 13.4. The number of hydrogen-bond donors (Lipinski definition) is 1. The van der Waals surface area contributed by atoms with E-state index in [4.69, 9.17) is 5.73 Å². The summed E-state index contributed by atoms with van der Waals surface area (Å²) in [6.45, 7) is 1.54. The highest BCUT2D eigenvalue weighted by molar-refractivity contribution is 7.89. The summed E-state index contributed by atoms with van der Waals surface area (Å²) >= 11 is 0. The fourth-order valence-corrected chi connectivity index (χ4v) is 2.45. The van der Waals surface area contributed by atoms with Crippen LogP contribution in [-0.2, 0) is 10.0 Å². The van der Waals surface area contributed by atoms with Crippen molar-refractivity contribution in [1.82, 2.24) is 4.31 Å². The zero-order chi connectivity index (χ0) is 13.4. The maximum absolute atomic E-state index is 11.9. The number of nitro groups is 1. The molecular weight excluding hydrogens is 246 g/mol. The number of nitrogens with two attached hydrogens (primary N) is 1. The van der Waals surface area contributed by atoms with Gasteiger partial charge in [-0.25, -0.2) is 12.7 Å². The third-order valence-electron chi connectivity index (χ3n) is 2.28. The van der Waals surface area contributed by atoms with Gasteiger partial charge in [0, 0.05) is 20.2 Å². The van der Waals surface area contributed by atoms with Gasteiger partial charge in [-0.2, -0.15) is 0 Å². The Morgan fingerprint density at radius 1 is 1.35 bits per heavy atom. The molecule has 0 unspecified atom stereocenters. The molecule has 1 aromatic carbocycles. The van der Waals surface area contributed by atoms with Gasteiger partial charge in [0.25, 0.3) is 5.69 Å². The quantitative estimate of drug-likeness (QED) is 0.489. The van der Waals surface area contributed by atoms with E-state index in [2.05, 4.69) is 0 Å². The predicted octanol–water partition coefficient (Wildman–Crippen LogP) is 0.736. The number of benzene rings is 1. The van der Waals surface area contributed by atoms with Gasteiger partial charge in [-0.05, 0) is 18.6 Å². The Bertz CT molecular complexity index is 566. The van der Waals surface area contributed by atoms with Crippen LogP contribution in [0.2, 0.25) is 0 Å². The molecule has 0 saturated heterocycles. The number of aryl methyl sites for hydroxylation is 1. The van der Waals surface area contributed by atoms with Gasteiger partial charge in [0.1, 0.15) is 5.69 Å². The van der Waals surface area contributed by atoms with Gasteiger partial charge in [-0.15, -0.1) is 0 Å². The Kier molecular flexibility index (Phi) is 3.39. The Morgan fingerprint density at radius 3 is 2.29 bits per heavy atom. The third-order valence-corrected chi connectivity index (χ3v) is 4.24. The molecule has 94 valence electrons. The fourth-order valence-electron chi connectivity index (χ4n) is 1.33. The molecule has 7 nitrogen and oxygen atoms in total. The van der Waals surface area contributed by atoms with Crippen LogP contribution in [0.5, 0.6) is 0 Å². The normalized spacial score (nSPS) is 11.8. The molecule has 0 heterocycles. The highest BCUT2D eigenvalue weighted by Crippen LogP contribution is 2.29. The monoisotopic (exact) mass is 259 g/mol. The average molecular weight is 259 g/mol. The van der Waals surface area contributed by atoms with Gasteiger partial charge in [0.15, 0.2) is 0 Å². The van der Waals surface area contributed by atoms with Crippen molar-refractivity contribution in [2.24, 2.45) is 0 Å². The summed E-state index contributed by atoms with van der Waals surface area (Å²) in [6.07, 6.45) is 0. The Morgan fingerprint density at radius 2 is 1.88 bits per heavy atom. The fraction of sp³-hybridized carbons (Fsp3) is 0.333. The van der Waals surface area contributed by atoms with Crippen molar-refractivity contribution in [3.63, 3.8) is 0 Å². The van der Waals surface area contributed by atoms with Crippen LogP contribution in [0.3, 0.4) is 0 Å². The minimum atomic E-state index is -3.71. The first-order chi connectivity index (χ1) is 7.67. The largest absolute Gasteiger partial charge is 0.393 e. The molecular formula is C9H13N3O4S. The SMILES string of the molecule is Cc1cc(N)c([N+](=O)[O-])cc1S(=O)(=O)N(C)C. The van der Waals surface area contributed by atoms with Crippen LogP contribution in [0.4, 0.5) is 11.4 Å². The number of nitrogens with zero attached hydrogens (tertiary/aromatic N) is 2. The second-order valence-corrected chi connectivity index (χ2v) is 5.84. The standard InChI is InChI=1S/C9H13N3O4S/c1-6-4-7(10)8(12(13)14)5-9(6)17(15,16)11(2)3/h4-5H,10H2,1-3H3. The van der Waals surface area contributed by atoms with E-state index in [9.17, 15) is 18.5 Å². The summed E-state index contributed by atoms with van der Waals surface area (Å²) in [6, 6.07) is 2.27. The molecule has 0 aliphatic carbocycles. The molecule has 0 aliphatic heterocycles. The summed E-state index contributed by atoms with van der Waals surface area (Å²) in [4.78, 5) is 9.89. The molecule has 0 bridgehead atoms. The smallest absolute Gasteiger partial charge is 0.293 e. The first-order valence-electron chi connectivity index (χ1n) is 4.65. The zero-order valence-corrected chi connectivity index (χ0v) is 10.5. The molecule has 1 aromatic rings. The van der Waals surface area contributed by atoms with Crippen LogP contribution < -0.4 is 5.73 Å². The molecule has 0 aromatic heterocycles. The molecule has 0 fully saturated rings. The van der Waals surface area contributed by atoms with E-state index >= 15 is 0 Å². The Labute approximate surface area is 99.0 Å². The van der Waals surface area contributed by atoms with Crippen molar-refractivity contribution >= 4 is 21.4 Å². The number of anilines is 1. The molecule has 0 radical (unpaired) electrons. The summed E-state index contributed by atoms with van der Waals surface area (Å²) < 4.78 is 24.8. The van der Waals surface area contributed by atoms with Crippen LogP contribution in [0.25, 0.3) is 0 Å². The highest BCUT2D eigenvalue weighted by Gasteiger charge is 2.24. The summed E-state index contributed by atoms with van der Waals surface area (Å²) in [5.74, 6) is 0. The van der Waals surface area contributed by atoms with Gasteiger partial charge < -0.3 is 5.73 Å². The Hall–Kier alpha value is -1.67. The number of sulfonamides is 1. The molecule has 17 heavy (non-hydrogen) atoms. The zero-order valence-electron chi connectivity index (χ0n) is 9.67. The minimum Gasteiger partial charge on any atom is -0.393 e. The van der Waals surface area contributed by atoms with Crippen LogP contribution in [0.1, 0.15) is 5.56 Å². The number of rotatable bonds is 3. The predicted molar refractivity (Wildman–Crippen MR) is 63.1 cm³/mol. The van der Waals surface area contributed by atoms with Crippen molar-refractivity contribution in [3.05, 3.63) is 27.8 Å². The number of hydrogen-bond acceptors (Lipinski definition) is 5. The summed E-state index contributed by atoms with van der Waals surface area (Å²) in [5.41, 5.74) is 5.38. The number of nitro benzene ring substituents is 1. The molecule has 0 aliphatic rings. The first-order valence-corrected chi connectivity index (χ1v) is 6.09. The molecule has 2 N–H and O–H groups in total. The van der Waals surface area contributed by atoms with E-state index in [-0.39, 0.29) is 10.6 Å². The van der Waals surface area contributed by atoms with Gasteiger partial charge in [-0.1, -0.05) is 0 Å². The van der Waals surface area contributed by atoms with E-state index in [1.54, 1.807) is 0 Å². The van der Waals surface area contributed by atoms with Gasteiger partial charge >= 0.3 is 0 Å². The van der Waals surface area contributed by atoms with E-state index in [0.717, 1.165) is 10.4 Å². The van der Waals surface area contributed by atoms with E-state index in [1.807, 2.05) is 0 Å². The maximum Gasteiger partial charge on any atom is 0.293 e. The van der Waals surface area contributed by atoms with E-state index in [0.29, 0.717) is 5.56 Å². The molecule has 0 saturated carbocycles. The highest BCUT2D eigenvalue weighted by atomic mass is 32.2. The maximum atomic E-state index is 11.9. The lowest BCUT2D eigenvalue weighted by atomic mass is 10.2. The van der Waals surface area contributed by atoms with Gasteiger partial charge in [0.2, 0.25) is 10.0 Å². The second-order valence-electron chi connectivity index (χ2n) is 3.72. The topological polar surface area (TPSA) is 107 Å². The van der Waals surface area contributed by atoms with E-state index < -0.39 is 20.6 Å². The Balaban J connectivity index is 3.57. The van der Waals surface area contributed by atoms with Crippen LogP contribution in [-0.4, -0.2) is 31.7 Å². The van der Waals surface area contributed by atoms with Crippen molar-refractivity contribution in [2.75, 3.05) is 19.8 Å². The lowest BCUT2D eigenvalue weighted by molar-refractivity contribution is -0.384. The summed E-state index contributed by atoms with van der Waals surface area (Å²) in [5, 5.41) is 10.7. The molecule has 1 rings (SSSR count). The second kappa shape index (κ2) is 4.30. The lowest BCUT2D eigenvalue weighted by Gasteiger charge is -2.13. The average Bonchev–Trinajstić information content (AvgIpc) is 2.15. The van der Waals surface area contributed by atoms with Crippen LogP contribution in [0.15, 0.2) is 17.0 Å². The van der Waals surface area contributed by atoms with Crippen LogP contribution in [0, 0.1) is 17.0 Å². The van der Waals surface area contributed by atoms with Crippen molar-refractivity contribution in [1.29, 1.82) is 0 Å². The molecule has 0 amide bonds. The molecule has 0 spiro atoms. The molecule has 0 atom stereocenters. The molecule has 8 heteroatoms. The number of nitrogen functional groups attached to an aromatic ring is 1. The summed E-state index contributed by atoms with van der Waals surface area (Å²) in [7, 11) is -0.991. The minimum absolute atomic E-state index is 0.0507.